The van der Waals surface area contributed by atoms with Crippen molar-refractivity contribution in [2.45, 2.75) is 31.4 Å². The molecule has 1 unspecified atom stereocenters. The molecule has 2 aromatic rings. The van der Waals surface area contributed by atoms with E-state index in [2.05, 4.69) is 20.5 Å². The Morgan fingerprint density at radius 1 is 1.17 bits per heavy atom. The quantitative estimate of drug-likeness (QED) is 0.672. The minimum absolute atomic E-state index is 0. The van der Waals surface area contributed by atoms with Gasteiger partial charge in [-0.1, -0.05) is 23.8 Å². The van der Waals surface area contributed by atoms with Crippen LogP contribution in [0.2, 0.25) is 0 Å². The topological polar surface area (TPSA) is 66.5 Å². The predicted molar refractivity (Wildman–Crippen MR) is 125 cm³/mol. The lowest BCUT2D eigenvalue weighted by Crippen LogP contribution is -2.57. The number of halogens is 2. The summed E-state index contributed by atoms with van der Waals surface area (Å²) in [5.41, 5.74) is 1.26. The van der Waals surface area contributed by atoms with Crippen molar-refractivity contribution in [2.24, 2.45) is 0 Å². The molecule has 0 aliphatic carbocycles. The normalized spacial score (nSPS) is 16.0. The van der Waals surface area contributed by atoms with E-state index in [0.29, 0.717) is 19.4 Å². The molecule has 0 radical (unpaired) electrons. The van der Waals surface area contributed by atoms with E-state index < -0.39 is 5.60 Å². The number of rotatable bonds is 7. The van der Waals surface area contributed by atoms with Crippen molar-refractivity contribution >= 4 is 30.7 Å². The summed E-state index contributed by atoms with van der Waals surface area (Å²) < 4.78 is 6.28. The van der Waals surface area contributed by atoms with Gasteiger partial charge in [0.05, 0.1) is 11.7 Å². The summed E-state index contributed by atoms with van der Waals surface area (Å²) in [7, 11) is 3.99. The van der Waals surface area contributed by atoms with E-state index in [9.17, 15) is 4.79 Å². The zero-order chi connectivity index (χ0) is 20.0. The molecule has 166 valence electrons. The molecule has 0 bridgehead atoms. The molecule has 1 aromatic heterocycles. The van der Waals surface area contributed by atoms with Crippen molar-refractivity contribution in [1.29, 1.82) is 0 Å². The lowest BCUT2D eigenvalue weighted by Gasteiger charge is -2.37. The van der Waals surface area contributed by atoms with Gasteiger partial charge in [0.25, 0.3) is 5.91 Å². The second kappa shape index (κ2) is 12.1. The number of hydrogen-bond acceptors (Lipinski definition) is 5. The molecule has 1 fully saturated rings. The monoisotopic (exact) mass is 454 g/mol. The molecule has 1 saturated heterocycles. The van der Waals surface area contributed by atoms with Crippen LogP contribution in [0.3, 0.4) is 0 Å². The Hall–Kier alpha value is -1.86. The largest absolute Gasteiger partial charge is 0.477 e. The van der Waals surface area contributed by atoms with Crippen LogP contribution in [-0.2, 0) is 4.79 Å². The summed E-state index contributed by atoms with van der Waals surface area (Å²) in [6.45, 7) is 4.04. The zero-order valence-corrected chi connectivity index (χ0v) is 19.4. The smallest absolute Gasteiger partial charge is 0.264 e. The number of carbonyl (C=O) groups is 1. The average molecular weight is 455 g/mol. The number of carbonyl (C=O) groups excluding carboxylic acids is 1. The predicted octanol–water partition coefficient (Wildman–Crippen LogP) is 3.15. The van der Waals surface area contributed by atoms with Crippen LogP contribution >= 0.6 is 24.8 Å². The number of ether oxygens (including phenoxy) is 1. The van der Waals surface area contributed by atoms with Crippen LogP contribution in [-0.4, -0.2) is 55.1 Å². The number of piperidine rings is 1. The van der Waals surface area contributed by atoms with Crippen LogP contribution in [0.4, 0.5) is 0 Å². The van der Waals surface area contributed by atoms with Gasteiger partial charge < -0.3 is 15.4 Å². The van der Waals surface area contributed by atoms with Gasteiger partial charge >= 0.3 is 0 Å². The fraction of sp³-hybridized carbons (Fsp3) is 0.455. The molecule has 2 heterocycles. The van der Waals surface area contributed by atoms with E-state index in [0.717, 1.165) is 24.5 Å². The van der Waals surface area contributed by atoms with Crippen LogP contribution in [0.25, 0.3) is 0 Å². The zero-order valence-electron chi connectivity index (χ0n) is 17.8. The molecule has 1 aliphatic rings. The second-order valence-corrected chi connectivity index (χ2v) is 7.60. The molecule has 6 nitrogen and oxygen atoms in total. The first kappa shape index (κ1) is 26.2. The highest BCUT2D eigenvalue weighted by atomic mass is 35.5. The van der Waals surface area contributed by atoms with Gasteiger partial charge in [0.15, 0.2) is 5.60 Å². The minimum atomic E-state index is -0.846. The number of hydrogen-bond donors (Lipinski definition) is 2. The molecular formula is C22H32Cl2N4O2. The summed E-state index contributed by atoms with van der Waals surface area (Å²) in [6, 6.07) is 13.7. The van der Waals surface area contributed by atoms with Crippen LogP contribution in [0, 0.1) is 6.92 Å². The molecule has 3 rings (SSSR count). The first-order valence-electron chi connectivity index (χ1n) is 9.82. The molecule has 0 saturated carbocycles. The number of amides is 1. The lowest BCUT2D eigenvalue weighted by atomic mass is 9.90. The highest BCUT2D eigenvalue weighted by Crippen LogP contribution is 2.27. The fourth-order valence-corrected chi connectivity index (χ4v) is 3.51. The Labute approximate surface area is 191 Å². The van der Waals surface area contributed by atoms with Gasteiger partial charge in [-0.05, 0) is 58.4 Å². The summed E-state index contributed by atoms with van der Waals surface area (Å²) in [6.07, 6.45) is 3.06. The Morgan fingerprint density at radius 3 is 2.40 bits per heavy atom. The maximum absolute atomic E-state index is 13.2. The highest BCUT2D eigenvalue weighted by Gasteiger charge is 2.42. The van der Waals surface area contributed by atoms with E-state index in [1.54, 1.807) is 6.20 Å². The summed E-state index contributed by atoms with van der Waals surface area (Å²) in [5.74, 6) is 0.675. The first-order valence-corrected chi connectivity index (χ1v) is 9.82. The maximum atomic E-state index is 13.2. The summed E-state index contributed by atoms with van der Waals surface area (Å²) in [5, 5.41) is 6.45. The van der Waals surface area contributed by atoms with Crippen LogP contribution < -0.4 is 15.4 Å². The molecule has 0 spiro atoms. The molecule has 30 heavy (non-hydrogen) atoms. The minimum Gasteiger partial charge on any atom is -0.477 e. The highest BCUT2D eigenvalue weighted by molar-refractivity contribution is 5.86. The Bertz CT molecular complexity index is 766. The molecular weight excluding hydrogens is 423 g/mol. The van der Waals surface area contributed by atoms with Crippen molar-refractivity contribution in [2.75, 3.05) is 33.7 Å². The van der Waals surface area contributed by atoms with Crippen molar-refractivity contribution in [1.82, 2.24) is 20.5 Å². The third-order valence-corrected chi connectivity index (χ3v) is 5.27. The van der Waals surface area contributed by atoms with Gasteiger partial charge in [-0.2, -0.15) is 0 Å². The molecule has 8 heteroatoms. The molecule has 1 aliphatic heterocycles. The number of nitrogens with zero attached hydrogens (tertiary/aromatic N) is 2. The molecule has 2 N–H and O–H groups in total. The van der Waals surface area contributed by atoms with Crippen LogP contribution in [0.1, 0.15) is 30.1 Å². The number of aromatic nitrogens is 1. The molecule has 1 amide bonds. The number of likely N-dealkylation sites (N-methyl/N-ethyl adjacent to an activating group) is 1. The van der Waals surface area contributed by atoms with E-state index in [4.69, 9.17) is 4.74 Å². The standard InChI is InChI=1S/C22H30N4O2.2ClH/c1-17-7-9-18(10-8-17)28-22(11-14-23-15-12-22)21(27)25-16-20(26(2)3)19-6-4-5-13-24-19;;/h4-10,13,20,23H,11-12,14-16H2,1-3H3,(H,25,27);2*1H. The Morgan fingerprint density at radius 2 is 1.83 bits per heavy atom. The van der Waals surface area contributed by atoms with E-state index in [-0.39, 0.29) is 36.8 Å². The average Bonchev–Trinajstić information content (AvgIpc) is 2.71. The van der Waals surface area contributed by atoms with E-state index in [1.807, 2.05) is 63.5 Å². The third-order valence-electron chi connectivity index (χ3n) is 5.27. The third kappa shape index (κ3) is 6.57. The van der Waals surface area contributed by atoms with Gasteiger partial charge in [-0.25, -0.2) is 0 Å². The van der Waals surface area contributed by atoms with E-state index in [1.165, 1.54) is 5.56 Å². The summed E-state index contributed by atoms with van der Waals surface area (Å²) in [4.78, 5) is 19.8. The van der Waals surface area contributed by atoms with Crippen LogP contribution in [0.5, 0.6) is 5.75 Å². The van der Waals surface area contributed by atoms with Crippen molar-refractivity contribution < 1.29 is 9.53 Å². The maximum Gasteiger partial charge on any atom is 0.264 e. The lowest BCUT2D eigenvalue weighted by molar-refractivity contribution is -0.139. The van der Waals surface area contributed by atoms with Gasteiger partial charge in [-0.3, -0.25) is 14.7 Å². The van der Waals surface area contributed by atoms with E-state index >= 15 is 0 Å². The van der Waals surface area contributed by atoms with Crippen LogP contribution in [0.15, 0.2) is 48.7 Å². The van der Waals surface area contributed by atoms with Crippen molar-refractivity contribution in [3.8, 4) is 5.75 Å². The number of pyridine rings is 1. The first-order chi connectivity index (χ1) is 13.5. The van der Waals surface area contributed by atoms with Gasteiger partial charge in [-0.15, -0.1) is 24.8 Å². The van der Waals surface area contributed by atoms with Crippen molar-refractivity contribution in [3.63, 3.8) is 0 Å². The Kier molecular flexibility index (Phi) is 10.6. The molecule has 1 aromatic carbocycles. The molecule has 1 atom stereocenters. The second-order valence-electron chi connectivity index (χ2n) is 7.60. The van der Waals surface area contributed by atoms with Gasteiger partial charge in [0.2, 0.25) is 0 Å². The van der Waals surface area contributed by atoms with Crippen molar-refractivity contribution in [3.05, 3.63) is 59.9 Å². The fourth-order valence-electron chi connectivity index (χ4n) is 3.51. The number of aryl methyl sites for hydroxylation is 1. The summed E-state index contributed by atoms with van der Waals surface area (Å²) >= 11 is 0. The van der Waals surface area contributed by atoms with Gasteiger partial charge in [0, 0.05) is 25.6 Å². The Balaban J connectivity index is 0.00000225. The van der Waals surface area contributed by atoms with Gasteiger partial charge in [0.1, 0.15) is 5.75 Å². The number of nitrogens with one attached hydrogen (secondary N) is 2. The SMILES string of the molecule is Cc1ccc(OC2(C(=O)NCC(c3ccccn3)N(C)C)CCNCC2)cc1.Cl.Cl. The number of benzene rings is 1.